The molecule has 1 aromatic heterocycles. The Kier molecular flexibility index (Phi) is 5.69. The molecule has 0 fully saturated rings. The smallest absolute Gasteiger partial charge is 0.0537 e. The zero-order chi connectivity index (χ0) is 12.8. The first-order valence-corrected chi connectivity index (χ1v) is 6.83. The SMILES string of the molecule is CCC(CC)Cn1ncc(CNC(C)C)c1C. The summed E-state index contributed by atoms with van der Waals surface area (Å²) in [6.45, 7) is 13.0. The van der Waals surface area contributed by atoms with Crippen LogP contribution in [0.5, 0.6) is 0 Å². The molecule has 98 valence electrons. The van der Waals surface area contributed by atoms with E-state index in [0.717, 1.165) is 19.0 Å². The molecule has 0 aromatic carbocycles. The van der Waals surface area contributed by atoms with Gasteiger partial charge in [-0.2, -0.15) is 5.10 Å². The third-order valence-electron chi connectivity index (χ3n) is 3.49. The van der Waals surface area contributed by atoms with Crippen LogP contribution in [0.15, 0.2) is 6.20 Å². The fraction of sp³-hybridized carbons (Fsp3) is 0.786. The van der Waals surface area contributed by atoms with Gasteiger partial charge in [0.05, 0.1) is 6.20 Å². The molecule has 0 spiro atoms. The predicted molar refractivity (Wildman–Crippen MR) is 73.0 cm³/mol. The van der Waals surface area contributed by atoms with Crippen LogP contribution in [0.4, 0.5) is 0 Å². The molecule has 0 saturated carbocycles. The molecule has 1 aromatic rings. The lowest BCUT2D eigenvalue weighted by atomic mass is 10.0. The Morgan fingerprint density at radius 3 is 2.47 bits per heavy atom. The lowest BCUT2D eigenvalue weighted by Gasteiger charge is -2.14. The number of rotatable bonds is 7. The van der Waals surface area contributed by atoms with E-state index in [4.69, 9.17) is 0 Å². The van der Waals surface area contributed by atoms with E-state index in [1.807, 2.05) is 6.20 Å². The third kappa shape index (κ3) is 4.15. The summed E-state index contributed by atoms with van der Waals surface area (Å²) >= 11 is 0. The van der Waals surface area contributed by atoms with Crippen LogP contribution in [-0.4, -0.2) is 15.8 Å². The molecule has 0 unspecified atom stereocenters. The number of nitrogens with zero attached hydrogens (tertiary/aromatic N) is 2. The van der Waals surface area contributed by atoms with Gasteiger partial charge in [-0.3, -0.25) is 4.68 Å². The zero-order valence-electron chi connectivity index (χ0n) is 12.0. The molecule has 1 rings (SSSR count). The van der Waals surface area contributed by atoms with E-state index in [1.165, 1.54) is 24.1 Å². The third-order valence-corrected chi connectivity index (χ3v) is 3.49. The van der Waals surface area contributed by atoms with Crippen LogP contribution in [0.2, 0.25) is 0 Å². The molecule has 0 amide bonds. The summed E-state index contributed by atoms with van der Waals surface area (Å²) in [6.07, 6.45) is 4.47. The van der Waals surface area contributed by atoms with Crippen molar-refractivity contribution in [3.63, 3.8) is 0 Å². The molecular weight excluding hydrogens is 210 g/mol. The van der Waals surface area contributed by atoms with Crippen molar-refractivity contribution in [1.82, 2.24) is 15.1 Å². The molecule has 0 saturated heterocycles. The van der Waals surface area contributed by atoms with Crippen LogP contribution in [0, 0.1) is 12.8 Å². The Bertz CT molecular complexity index is 324. The number of nitrogens with one attached hydrogen (secondary N) is 1. The van der Waals surface area contributed by atoms with Crippen LogP contribution in [0.1, 0.15) is 51.8 Å². The minimum absolute atomic E-state index is 0.525. The first-order valence-electron chi connectivity index (χ1n) is 6.83. The van der Waals surface area contributed by atoms with Crippen molar-refractivity contribution >= 4 is 0 Å². The van der Waals surface area contributed by atoms with Crippen LogP contribution in [-0.2, 0) is 13.1 Å². The topological polar surface area (TPSA) is 29.9 Å². The Balaban J connectivity index is 2.63. The minimum Gasteiger partial charge on any atom is -0.310 e. The summed E-state index contributed by atoms with van der Waals surface area (Å²) in [5.74, 6) is 0.750. The van der Waals surface area contributed by atoms with E-state index in [9.17, 15) is 0 Å². The Hall–Kier alpha value is -0.830. The van der Waals surface area contributed by atoms with Gasteiger partial charge in [0.1, 0.15) is 0 Å². The molecular formula is C14H27N3. The van der Waals surface area contributed by atoms with Crippen molar-refractivity contribution in [3.05, 3.63) is 17.5 Å². The highest BCUT2D eigenvalue weighted by atomic mass is 15.3. The van der Waals surface area contributed by atoms with Gasteiger partial charge in [-0.25, -0.2) is 0 Å². The van der Waals surface area contributed by atoms with Gasteiger partial charge in [0, 0.05) is 30.4 Å². The molecule has 0 radical (unpaired) electrons. The van der Waals surface area contributed by atoms with Gasteiger partial charge in [0.25, 0.3) is 0 Å². The number of hydrogen-bond donors (Lipinski definition) is 1. The van der Waals surface area contributed by atoms with E-state index < -0.39 is 0 Å². The minimum atomic E-state index is 0.525. The maximum Gasteiger partial charge on any atom is 0.0537 e. The van der Waals surface area contributed by atoms with Crippen LogP contribution in [0.25, 0.3) is 0 Å². The second-order valence-corrected chi connectivity index (χ2v) is 5.16. The highest BCUT2D eigenvalue weighted by Crippen LogP contribution is 2.14. The summed E-state index contributed by atoms with van der Waals surface area (Å²) in [5.41, 5.74) is 2.63. The normalized spacial score (nSPS) is 11.7. The van der Waals surface area contributed by atoms with Crippen molar-refractivity contribution < 1.29 is 0 Å². The largest absolute Gasteiger partial charge is 0.310 e. The van der Waals surface area contributed by atoms with Gasteiger partial charge in [0.2, 0.25) is 0 Å². The second-order valence-electron chi connectivity index (χ2n) is 5.16. The second kappa shape index (κ2) is 6.80. The summed E-state index contributed by atoms with van der Waals surface area (Å²) in [4.78, 5) is 0. The van der Waals surface area contributed by atoms with Gasteiger partial charge in [-0.05, 0) is 12.8 Å². The lowest BCUT2D eigenvalue weighted by molar-refractivity contribution is 0.391. The Morgan fingerprint density at radius 1 is 1.29 bits per heavy atom. The molecule has 0 aliphatic carbocycles. The molecule has 1 N–H and O–H groups in total. The van der Waals surface area contributed by atoms with E-state index in [1.54, 1.807) is 0 Å². The van der Waals surface area contributed by atoms with Gasteiger partial charge >= 0.3 is 0 Å². The fourth-order valence-corrected chi connectivity index (χ4v) is 1.95. The quantitative estimate of drug-likeness (QED) is 0.789. The van der Waals surface area contributed by atoms with Gasteiger partial charge < -0.3 is 5.32 Å². The number of hydrogen-bond acceptors (Lipinski definition) is 2. The molecule has 17 heavy (non-hydrogen) atoms. The summed E-state index contributed by atoms with van der Waals surface area (Å²) in [7, 11) is 0. The van der Waals surface area contributed by atoms with Crippen molar-refractivity contribution in [2.45, 2.75) is 66.6 Å². The maximum atomic E-state index is 4.51. The average molecular weight is 237 g/mol. The average Bonchev–Trinajstić information content (AvgIpc) is 2.64. The molecule has 0 bridgehead atoms. The van der Waals surface area contributed by atoms with E-state index in [0.29, 0.717) is 6.04 Å². The molecule has 0 aliphatic rings. The summed E-state index contributed by atoms with van der Waals surface area (Å²) < 4.78 is 2.16. The van der Waals surface area contributed by atoms with Crippen molar-refractivity contribution in [2.75, 3.05) is 0 Å². The molecule has 0 aliphatic heterocycles. The Morgan fingerprint density at radius 2 is 1.94 bits per heavy atom. The number of aromatic nitrogens is 2. The standard InChI is InChI=1S/C14H27N3/c1-6-13(7-2)10-17-12(5)14(9-16-17)8-15-11(3)4/h9,11,13,15H,6-8,10H2,1-5H3. The molecule has 3 nitrogen and oxygen atoms in total. The van der Waals surface area contributed by atoms with Crippen molar-refractivity contribution in [1.29, 1.82) is 0 Å². The highest BCUT2D eigenvalue weighted by Gasteiger charge is 2.10. The van der Waals surface area contributed by atoms with E-state index >= 15 is 0 Å². The van der Waals surface area contributed by atoms with Crippen molar-refractivity contribution in [3.8, 4) is 0 Å². The molecule has 1 heterocycles. The maximum absolute atomic E-state index is 4.51. The fourth-order valence-electron chi connectivity index (χ4n) is 1.95. The monoisotopic (exact) mass is 237 g/mol. The first kappa shape index (κ1) is 14.2. The van der Waals surface area contributed by atoms with Crippen LogP contribution >= 0.6 is 0 Å². The van der Waals surface area contributed by atoms with Crippen LogP contribution < -0.4 is 5.32 Å². The summed E-state index contributed by atoms with van der Waals surface area (Å²) in [6, 6.07) is 0.525. The van der Waals surface area contributed by atoms with Crippen LogP contribution in [0.3, 0.4) is 0 Å². The molecule has 3 heteroatoms. The van der Waals surface area contributed by atoms with Crippen molar-refractivity contribution in [2.24, 2.45) is 5.92 Å². The predicted octanol–water partition coefficient (Wildman–Crippen LogP) is 3.13. The lowest BCUT2D eigenvalue weighted by Crippen LogP contribution is -2.22. The Labute approximate surface area is 106 Å². The summed E-state index contributed by atoms with van der Waals surface area (Å²) in [5, 5.41) is 7.95. The van der Waals surface area contributed by atoms with Gasteiger partial charge in [0.15, 0.2) is 0 Å². The van der Waals surface area contributed by atoms with Gasteiger partial charge in [-0.15, -0.1) is 0 Å². The molecule has 0 atom stereocenters. The van der Waals surface area contributed by atoms with E-state index in [2.05, 4.69) is 49.7 Å². The van der Waals surface area contributed by atoms with E-state index in [-0.39, 0.29) is 0 Å². The first-order chi connectivity index (χ1) is 8.08. The highest BCUT2D eigenvalue weighted by molar-refractivity contribution is 5.15. The zero-order valence-corrected chi connectivity index (χ0v) is 12.0. The van der Waals surface area contributed by atoms with Gasteiger partial charge in [-0.1, -0.05) is 40.5 Å².